The molecule has 1 unspecified atom stereocenters. The molecule has 2 nitrogen and oxygen atoms in total. The number of carboxylic acids is 1. The minimum atomic E-state index is -1.09. The zero-order valence-electron chi connectivity index (χ0n) is 3.98. The number of alkyl halides is 1. The average Bonchev–Trinajstić information content (AvgIpc) is 1.27. The molecule has 0 saturated carbocycles. The Bertz CT molecular complexity index is 70.1. The molecule has 0 saturated heterocycles. The Morgan fingerprint density at radius 3 is 2.43 bits per heavy atom. The van der Waals surface area contributed by atoms with Gasteiger partial charge in [0.2, 0.25) is 0 Å². The van der Waals surface area contributed by atoms with Crippen LogP contribution in [0.5, 0.6) is 0 Å². The Balaban J connectivity index is 3.13. The van der Waals surface area contributed by atoms with Gasteiger partial charge in [-0.1, -0.05) is 0 Å². The van der Waals surface area contributed by atoms with Crippen molar-refractivity contribution < 1.29 is 9.90 Å². The van der Waals surface area contributed by atoms with Crippen LogP contribution in [-0.4, -0.2) is 11.3 Å². The van der Waals surface area contributed by atoms with E-state index in [1.807, 2.05) is 0 Å². The Hall–Kier alpha value is -0.240. The monoisotopic (exact) mass is 121 g/mol. The van der Waals surface area contributed by atoms with Gasteiger partial charge in [-0.05, 0) is 6.92 Å². The smallest absolute Gasteiger partial charge is 0.0428 e. The predicted molar refractivity (Wildman–Crippen MR) is 24.9 cm³/mol. The SMILES string of the molecule is CC(Cl)CC(=O)[O-]. The van der Waals surface area contributed by atoms with Crippen molar-refractivity contribution >= 4 is 17.6 Å². The van der Waals surface area contributed by atoms with Crippen LogP contribution in [0, 0.1) is 0 Å². The highest BCUT2D eigenvalue weighted by Gasteiger charge is 1.92. The van der Waals surface area contributed by atoms with Gasteiger partial charge >= 0.3 is 0 Å². The molecule has 0 bridgehead atoms. The highest BCUT2D eigenvalue weighted by Crippen LogP contribution is 1.96. The van der Waals surface area contributed by atoms with Gasteiger partial charge in [0.15, 0.2) is 0 Å². The lowest BCUT2D eigenvalue weighted by molar-refractivity contribution is -0.305. The van der Waals surface area contributed by atoms with Crippen molar-refractivity contribution in [1.82, 2.24) is 0 Å². The Labute approximate surface area is 47.1 Å². The van der Waals surface area contributed by atoms with Gasteiger partial charge in [-0.25, -0.2) is 0 Å². The standard InChI is InChI=1S/C4H7ClO2/c1-3(5)2-4(6)7/h3H,2H2,1H3,(H,6,7)/p-1. The lowest BCUT2D eigenvalue weighted by Crippen LogP contribution is -2.24. The van der Waals surface area contributed by atoms with Gasteiger partial charge in [0, 0.05) is 17.8 Å². The minimum absolute atomic E-state index is 0.0679. The van der Waals surface area contributed by atoms with Gasteiger partial charge in [-0.2, -0.15) is 0 Å². The van der Waals surface area contributed by atoms with E-state index in [0.717, 1.165) is 0 Å². The largest absolute Gasteiger partial charge is 0.550 e. The molecule has 0 aromatic rings. The fourth-order valence-electron chi connectivity index (χ4n) is 0.230. The highest BCUT2D eigenvalue weighted by atomic mass is 35.5. The molecular formula is C4H6ClO2-. The zero-order chi connectivity index (χ0) is 5.86. The Kier molecular flexibility index (Phi) is 2.76. The van der Waals surface area contributed by atoms with Crippen LogP contribution >= 0.6 is 11.6 Å². The van der Waals surface area contributed by atoms with Crippen LogP contribution in [0.4, 0.5) is 0 Å². The number of carbonyl (C=O) groups excluding carboxylic acids is 1. The molecule has 0 amide bonds. The summed E-state index contributed by atoms with van der Waals surface area (Å²) >= 11 is 5.25. The lowest BCUT2D eigenvalue weighted by Gasteiger charge is -2.00. The summed E-state index contributed by atoms with van der Waals surface area (Å²) < 4.78 is 0. The van der Waals surface area contributed by atoms with Crippen molar-refractivity contribution in [3.63, 3.8) is 0 Å². The first-order chi connectivity index (χ1) is 3.13. The van der Waals surface area contributed by atoms with E-state index >= 15 is 0 Å². The number of aliphatic carboxylic acids is 1. The van der Waals surface area contributed by atoms with Crippen LogP contribution in [0.2, 0.25) is 0 Å². The molecular weight excluding hydrogens is 115 g/mol. The van der Waals surface area contributed by atoms with E-state index in [2.05, 4.69) is 0 Å². The maximum absolute atomic E-state index is 9.61. The van der Waals surface area contributed by atoms with Gasteiger partial charge in [0.25, 0.3) is 0 Å². The third kappa shape index (κ3) is 5.76. The first kappa shape index (κ1) is 6.76. The van der Waals surface area contributed by atoms with Crippen LogP contribution in [0.15, 0.2) is 0 Å². The average molecular weight is 122 g/mol. The molecule has 0 aromatic heterocycles. The number of hydrogen-bond acceptors (Lipinski definition) is 2. The first-order valence-electron chi connectivity index (χ1n) is 1.97. The summed E-state index contributed by atoms with van der Waals surface area (Å²) in [5, 5.41) is 9.30. The molecule has 42 valence electrons. The molecule has 0 rings (SSSR count). The minimum Gasteiger partial charge on any atom is -0.550 e. The van der Waals surface area contributed by atoms with E-state index in [4.69, 9.17) is 11.6 Å². The summed E-state index contributed by atoms with van der Waals surface area (Å²) in [6.07, 6.45) is -0.0679. The fraction of sp³-hybridized carbons (Fsp3) is 0.750. The second-order valence-electron chi connectivity index (χ2n) is 1.36. The lowest BCUT2D eigenvalue weighted by atomic mass is 10.3. The zero-order valence-corrected chi connectivity index (χ0v) is 4.73. The van der Waals surface area contributed by atoms with Gasteiger partial charge in [-0.15, -0.1) is 11.6 Å². The summed E-state index contributed by atoms with van der Waals surface area (Å²) in [5.41, 5.74) is 0. The molecule has 0 radical (unpaired) electrons. The topological polar surface area (TPSA) is 40.1 Å². The number of rotatable bonds is 2. The second-order valence-corrected chi connectivity index (χ2v) is 2.10. The molecule has 0 spiro atoms. The van der Waals surface area contributed by atoms with Crippen LogP contribution in [0.3, 0.4) is 0 Å². The van der Waals surface area contributed by atoms with Gasteiger partial charge < -0.3 is 9.90 Å². The van der Waals surface area contributed by atoms with Gasteiger partial charge in [-0.3, -0.25) is 0 Å². The van der Waals surface area contributed by atoms with Crippen LogP contribution in [0.1, 0.15) is 13.3 Å². The first-order valence-corrected chi connectivity index (χ1v) is 2.40. The van der Waals surface area contributed by atoms with Crippen LogP contribution in [-0.2, 0) is 4.79 Å². The van der Waals surface area contributed by atoms with E-state index in [1.165, 1.54) is 0 Å². The molecule has 0 aliphatic heterocycles. The highest BCUT2D eigenvalue weighted by molar-refractivity contribution is 6.21. The van der Waals surface area contributed by atoms with E-state index < -0.39 is 5.97 Å². The van der Waals surface area contributed by atoms with Crippen molar-refractivity contribution in [2.45, 2.75) is 18.7 Å². The fourth-order valence-corrected chi connectivity index (χ4v) is 0.356. The summed E-state index contributed by atoms with van der Waals surface area (Å²) in [4.78, 5) is 9.61. The number of halogens is 1. The maximum Gasteiger partial charge on any atom is 0.0428 e. The maximum atomic E-state index is 9.61. The van der Waals surface area contributed by atoms with E-state index in [1.54, 1.807) is 6.92 Å². The molecule has 0 aliphatic carbocycles. The van der Waals surface area contributed by atoms with E-state index in [9.17, 15) is 9.90 Å². The van der Waals surface area contributed by atoms with Crippen molar-refractivity contribution in [2.75, 3.05) is 0 Å². The quantitative estimate of drug-likeness (QED) is 0.473. The summed E-state index contributed by atoms with van der Waals surface area (Å²) in [6, 6.07) is 0. The Morgan fingerprint density at radius 2 is 2.43 bits per heavy atom. The number of carboxylic acid groups (broad SMARTS) is 1. The molecule has 0 aromatic carbocycles. The van der Waals surface area contributed by atoms with Crippen LogP contribution < -0.4 is 5.11 Å². The number of carbonyl (C=O) groups is 1. The normalized spacial score (nSPS) is 13.4. The van der Waals surface area contributed by atoms with Crippen molar-refractivity contribution in [3.8, 4) is 0 Å². The van der Waals surface area contributed by atoms with E-state index in [0.29, 0.717) is 0 Å². The van der Waals surface area contributed by atoms with Crippen molar-refractivity contribution in [1.29, 1.82) is 0 Å². The molecule has 0 fully saturated rings. The number of hydrogen-bond donors (Lipinski definition) is 0. The third-order valence-corrected chi connectivity index (χ3v) is 0.602. The molecule has 3 heteroatoms. The molecule has 7 heavy (non-hydrogen) atoms. The van der Waals surface area contributed by atoms with Gasteiger partial charge in [0.05, 0.1) is 0 Å². The summed E-state index contributed by atoms with van der Waals surface area (Å²) in [5.74, 6) is -1.09. The summed E-state index contributed by atoms with van der Waals surface area (Å²) in [6.45, 7) is 1.61. The third-order valence-electron chi connectivity index (χ3n) is 0.448. The van der Waals surface area contributed by atoms with Crippen LogP contribution in [0.25, 0.3) is 0 Å². The molecule has 0 aliphatic rings. The van der Waals surface area contributed by atoms with Crippen molar-refractivity contribution in [2.24, 2.45) is 0 Å². The molecule has 1 atom stereocenters. The second kappa shape index (κ2) is 2.86. The molecule has 0 heterocycles. The Morgan fingerprint density at radius 1 is 2.00 bits per heavy atom. The molecule has 0 N–H and O–H groups in total. The predicted octanol–water partition coefficient (Wildman–Crippen LogP) is -0.246. The van der Waals surface area contributed by atoms with Gasteiger partial charge in [0.1, 0.15) is 0 Å². The van der Waals surface area contributed by atoms with Crippen molar-refractivity contribution in [3.05, 3.63) is 0 Å². The van der Waals surface area contributed by atoms with E-state index in [-0.39, 0.29) is 11.8 Å². The summed E-state index contributed by atoms with van der Waals surface area (Å²) in [7, 11) is 0.